The highest BCUT2D eigenvalue weighted by atomic mass is 16.1. The first kappa shape index (κ1) is 11.8. The topological polar surface area (TPSA) is 59.0 Å². The van der Waals surface area contributed by atoms with E-state index >= 15 is 0 Å². The van der Waals surface area contributed by atoms with Crippen molar-refractivity contribution in [1.29, 1.82) is 0 Å². The molecular weight excluding hydrogens is 240 g/mol. The van der Waals surface area contributed by atoms with Crippen molar-refractivity contribution >= 4 is 17.3 Å². The Morgan fingerprint density at radius 3 is 3.11 bits per heavy atom. The highest BCUT2D eigenvalue weighted by Crippen LogP contribution is 2.25. The van der Waals surface area contributed by atoms with E-state index in [1.807, 2.05) is 31.6 Å². The smallest absolute Gasteiger partial charge is 0.224 e. The fraction of sp³-hybridized carbons (Fsp3) is 0.286. The van der Waals surface area contributed by atoms with Crippen molar-refractivity contribution in [3.63, 3.8) is 0 Å². The van der Waals surface area contributed by atoms with Gasteiger partial charge in [-0.1, -0.05) is 0 Å². The van der Waals surface area contributed by atoms with Gasteiger partial charge in [-0.15, -0.1) is 0 Å². The lowest BCUT2D eigenvalue weighted by Crippen LogP contribution is -2.18. The number of carbonyl (C=O) groups is 1. The molecule has 2 heterocycles. The minimum absolute atomic E-state index is 0.101. The first-order chi connectivity index (χ1) is 9.20. The van der Waals surface area contributed by atoms with E-state index < -0.39 is 0 Å². The van der Waals surface area contributed by atoms with Gasteiger partial charge >= 0.3 is 0 Å². The van der Waals surface area contributed by atoms with E-state index in [0.717, 1.165) is 29.9 Å². The van der Waals surface area contributed by atoms with E-state index in [0.29, 0.717) is 6.42 Å². The molecule has 0 saturated heterocycles. The number of rotatable bonds is 3. The molecule has 0 fully saturated rings. The van der Waals surface area contributed by atoms with Crippen LogP contribution in [0.1, 0.15) is 17.5 Å². The SMILES string of the molecule is Cn1cc(CNc2ccc3c(c2)CCC(=O)N3)cn1. The highest BCUT2D eigenvalue weighted by Gasteiger charge is 2.14. The van der Waals surface area contributed by atoms with Crippen LogP contribution in [-0.4, -0.2) is 15.7 Å². The molecule has 0 unspecified atom stereocenters. The van der Waals surface area contributed by atoms with Crippen LogP contribution in [0.15, 0.2) is 30.6 Å². The standard InChI is InChI=1S/C14H16N4O/c1-18-9-10(8-16-18)7-15-12-3-4-13-11(6-12)2-5-14(19)17-13/h3-4,6,8-9,15H,2,5,7H2,1H3,(H,17,19). The summed E-state index contributed by atoms with van der Waals surface area (Å²) in [6.07, 6.45) is 5.22. The number of hydrogen-bond donors (Lipinski definition) is 2. The molecule has 3 rings (SSSR count). The third kappa shape index (κ3) is 2.59. The average molecular weight is 256 g/mol. The maximum absolute atomic E-state index is 11.3. The molecule has 1 aliphatic rings. The average Bonchev–Trinajstić information content (AvgIpc) is 2.82. The maximum atomic E-state index is 11.3. The van der Waals surface area contributed by atoms with E-state index in [1.165, 1.54) is 5.56 Å². The summed E-state index contributed by atoms with van der Waals surface area (Å²) in [5.41, 5.74) is 4.34. The molecule has 0 bridgehead atoms. The number of nitrogens with one attached hydrogen (secondary N) is 2. The predicted molar refractivity (Wildman–Crippen MR) is 73.9 cm³/mol. The van der Waals surface area contributed by atoms with Crippen LogP contribution in [0, 0.1) is 0 Å². The van der Waals surface area contributed by atoms with Gasteiger partial charge in [-0.2, -0.15) is 5.10 Å². The monoisotopic (exact) mass is 256 g/mol. The summed E-state index contributed by atoms with van der Waals surface area (Å²) in [5.74, 6) is 0.101. The lowest BCUT2D eigenvalue weighted by molar-refractivity contribution is -0.116. The number of carbonyl (C=O) groups excluding carboxylic acids is 1. The predicted octanol–water partition coefficient (Wildman–Crippen LogP) is 1.92. The van der Waals surface area contributed by atoms with Crippen LogP contribution in [0.4, 0.5) is 11.4 Å². The minimum atomic E-state index is 0.101. The Hall–Kier alpha value is -2.30. The molecule has 5 heteroatoms. The van der Waals surface area contributed by atoms with Crippen molar-refractivity contribution in [2.24, 2.45) is 7.05 Å². The van der Waals surface area contributed by atoms with Gasteiger partial charge in [-0.05, 0) is 30.2 Å². The molecule has 0 spiro atoms. The third-order valence-corrected chi connectivity index (χ3v) is 3.26. The van der Waals surface area contributed by atoms with Crippen molar-refractivity contribution in [3.05, 3.63) is 41.7 Å². The number of benzene rings is 1. The van der Waals surface area contributed by atoms with Gasteiger partial charge in [0.25, 0.3) is 0 Å². The summed E-state index contributed by atoms with van der Waals surface area (Å²) in [4.78, 5) is 11.3. The number of anilines is 2. The zero-order valence-corrected chi connectivity index (χ0v) is 10.8. The number of fused-ring (bicyclic) bond motifs is 1. The van der Waals surface area contributed by atoms with Crippen LogP contribution < -0.4 is 10.6 Å². The summed E-state index contributed by atoms with van der Waals surface area (Å²) >= 11 is 0. The van der Waals surface area contributed by atoms with E-state index in [2.05, 4.69) is 21.8 Å². The van der Waals surface area contributed by atoms with Crippen LogP contribution in [-0.2, 0) is 24.8 Å². The third-order valence-electron chi connectivity index (χ3n) is 3.26. The lowest BCUT2D eigenvalue weighted by Gasteiger charge is -2.17. The first-order valence-corrected chi connectivity index (χ1v) is 6.35. The fourth-order valence-electron chi connectivity index (χ4n) is 2.26. The van der Waals surface area contributed by atoms with Gasteiger partial charge in [0.1, 0.15) is 0 Å². The minimum Gasteiger partial charge on any atom is -0.381 e. The Morgan fingerprint density at radius 1 is 1.42 bits per heavy atom. The molecule has 1 aromatic heterocycles. The van der Waals surface area contributed by atoms with E-state index in [-0.39, 0.29) is 5.91 Å². The van der Waals surface area contributed by atoms with Crippen molar-refractivity contribution in [2.75, 3.05) is 10.6 Å². The van der Waals surface area contributed by atoms with E-state index in [4.69, 9.17) is 0 Å². The Balaban J connectivity index is 1.70. The molecule has 1 amide bonds. The summed E-state index contributed by atoms with van der Waals surface area (Å²) < 4.78 is 1.79. The van der Waals surface area contributed by atoms with Crippen molar-refractivity contribution in [2.45, 2.75) is 19.4 Å². The summed E-state index contributed by atoms with van der Waals surface area (Å²) in [7, 11) is 1.91. The fourth-order valence-corrected chi connectivity index (χ4v) is 2.26. The highest BCUT2D eigenvalue weighted by molar-refractivity contribution is 5.94. The molecule has 2 aromatic rings. The Kier molecular flexibility index (Phi) is 2.95. The lowest BCUT2D eigenvalue weighted by atomic mass is 10.0. The van der Waals surface area contributed by atoms with Crippen molar-refractivity contribution in [3.8, 4) is 0 Å². The van der Waals surface area contributed by atoms with Crippen molar-refractivity contribution in [1.82, 2.24) is 9.78 Å². The maximum Gasteiger partial charge on any atom is 0.224 e. The number of nitrogens with zero attached hydrogens (tertiary/aromatic N) is 2. The number of hydrogen-bond acceptors (Lipinski definition) is 3. The van der Waals surface area contributed by atoms with Crippen LogP contribution >= 0.6 is 0 Å². The van der Waals surface area contributed by atoms with Gasteiger partial charge in [0.05, 0.1) is 6.20 Å². The molecule has 0 aliphatic carbocycles. The molecule has 98 valence electrons. The van der Waals surface area contributed by atoms with Gasteiger partial charge in [0, 0.05) is 43.1 Å². The molecule has 1 aromatic carbocycles. The number of amides is 1. The normalized spacial score (nSPS) is 13.8. The van der Waals surface area contributed by atoms with E-state index in [9.17, 15) is 4.79 Å². The number of aromatic nitrogens is 2. The molecule has 0 radical (unpaired) electrons. The Bertz CT molecular complexity index is 618. The van der Waals surface area contributed by atoms with Gasteiger partial charge in [-0.3, -0.25) is 9.48 Å². The summed E-state index contributed by atoms with van der Waals surface area (Å²) in [6.45, 7) is 0.749. The van der Waals surface area contributed by atoms with Gasteiger partial charge in [-0.25, -0.2) is 0 Å². The molecule has 0 atom stereocenters. The van der Waals surface area contributed by atoms with Crippen LogP contribution in [0.5, 0.6) is 0 Å². The van der Waals surface area contributed by atoms with Crippen LogP contribution in [0.2, 0.25) is 0 Å². The summed E-state index contributed by atoms with van der Waals surface area (Å²) in [6, 6.07) is 6.05. The second-order valence-electron chi connectivity index (χ2n) is 4.80. The molecule has 2 N–H and O–H groups in total. The number of aryl methyl sites for hydroxylation is 2. The van der Waals surface area contributed by atoms with E-state index in [1.54, 1.807) is 4.68 Å². The zero-order valence-electron chi connectivity index (χ0n) is 10.8. The van der Waals surface area contributed by atoms with Gasteiger partial charge in [0.2, 0.25) is 5.91 Å². The summed E-state index contributed by atoms with van der Waals surface area (Å²) in [5, 5.41) is 10.4. The molecular formula is C14H16N4O. The van der Waals surface area contributed by atoms with Gasteiger partial charge in [0.15, 0.2) is 0 Å². The molecule has 19 heavy (non-hydrogen) atoms. The largest absolute Gasteiger partial charge is 0.381 e. The second kappa shape index (κ2) is 4.76. The Morgan fingerprint density at radius 2 is 2.32 bits per heavy atom. The molecule has 1 aliphatic heterocycles. The Labute approximate surface area is 111 Å². The van der Waals surface area contributed by atoms with Crippen molar-refractivity contribution < 1.29 is 4.79 Å². The van der Waals surface area contributed by atoms with Gasteiger partial charge < -0.3 is 10.6 Å². The second-order valence-corrected chi connectivity index (χ2v) is 4.80. The molecule has 0 saturated carbocycles. The first-order valence-electron chi connectivity index (χ1n) is 6.35. The van der Waals surface area contributed by atoms with Crippen LogP contribution in [0.3, 0.4) is 0 Å². The zero-order chi connectivity index (χ0) is 13.2. The quantitative estimate of drug-likeness (QED) is 0.882. The molecule has 5 nitrogen and oxygen atoms in total. The van der Waals surface area contributed by atoms with Crippen LogP contribution in [0.25, 0.3) is 0 Å².